The minimum Gasteiger partial charge on any atom is -0.514 e. The van der Waals surface area contributed by atoms with Gasteiger partial charge in [0.05, 0.1) is 11.8 Å². The van der Waals surface area contributed by atoms with Gasteiger partial charge in [0.2, 0.25) is 0 Å². The third kappa shape index (κ3) is 1.77. The van der Waals surface area contributed by atoms with E-state index < -0.39 is 0 Å². The van der Waals surface area contributed by atoms with E-state index in [0.29, 0.717) is 5.57 Å². The van der Waals surface area contributed by atoms with Crippen molar-refractivity contribution in [2.75, 3.05) is 0 Å². The van der Waals surface area contributed by atoms with Crippen LogP contribution in [0.2, 0.25) is 0 Å². The molecule has 2 heteroatoms. The van der Waals surface area contributed by atoms with E-state index in [4.69, 9.17) is 10.4 Å². The zero-order valence-corrected chi connectivity index (χ0v) is 8.63. The topological polar surface area (TPSA) is 44.0 Å². The summed E-state index contributed by atoms with van der Waals surface area (Å²) in [6, 6.07) is 5.99. The number of aryl methyl sites for hydroxylation is 3. The number of benzene rings is 1. The van der Waals surface area contributed by atoms with Gasteiger partial charge in [-0.15, -0.1) is 0 Å². The third-order valence-electron chi connectivity index (χ3n) is 2.20. The summed E-state index contributed by atoms with van der Waals surface area (Å²) >= 11 is 0. The van der Waals surface area contributed by atoms with Crippen LogP contribution < -0.4 is 0 Å². The van der Waals surface area contributed by atoms with Gasteiger partial charge < -0.3 is 5.11 Å². The van der Waals surface area contributed by atoms with E-state index in [-0.39, 0.29) is 0 Å². The highest BCUT2D eigenvalue weighted by Gasteiger charge is 2.08. The van der Waals surface area contributed by atoms with Crippen molar-refractivity contribution in [2.45, 2.75) is 20.8 Å². The summed E-state index contributed by atoms with van der Waals surface area (Å²) in [7, 11) is 0. The van der Waals surface area contributed by atoms with Crippen LogP contribution in [0.3, 0.4) is 0 Å². The molecule has 0 fully saturated rings. The molecule has 1 aromatic rings. The second-order valence-corrected chi connectivity index (χ2v) is 3.43. The molecular formula is C12H13NO. The number of hydrogen-bond donors (Lipinski definition) is 1. The first kappa shape index (κ1) is 10.3. The van der Waals surface area contributed by atoms with Crippen LogP contribution in [-0.4, -0.2) is 5.11 Å². The number of aliphatic hydroxyl groups excluding tert-OH is 1. The van der Waals surface area contributed by atoms with Crippen LogP contribution in [0.4, 0.5) is 0 Å². The summed E-state index contributed by atoms with van der Waals surface area (Å²) < 4.78 is 0. The molecule has 0 heterocycles. The average Bonchev–Trinajstić information content (AvgIpc) is 2.10. The first-order chi connectivity index (χ1) is 6.60. The summed E-state index contributed by atoms with van der Waals surface area (Å²) in [5.74, 6) is 0. The van der Waals surface area contributed by atoms with Gasteiger partial charge in [0, 0.05) is 5.56 Å². The molecule has 0 radical (unpaired) electrons. The van der Waals surface area contributed by atoms with Gasteiger partial charge in [-0.25, -0.2) is 0 Å². The van der Waals surface area contributed by atoms with Gasteiger partial charge >= 0.3 is 0 Å². The van der Waals surface area contributed by atoms with E-state index in [1.165, 1.54) is 5.56 Å². The van der Waals surface area contributed by atoms with Crippen LogP contribution in [0.25, 0.3) is 5.57 Å². The lowest BCUT2D eigenvalue weighted by Crippen LogP contribution is -1.93. The maximum atomic E-state index is 8.91. The number of nitriles is 1. The van der Waals surface area contributed by atoms with Crippen molar-refractivity contribution >= 4 is 5.57 Å². The first-order valence-electron chi connectivity index (χ1n) is 4.43. The Labute approximate surface area is 84.1 Å². The molecule has 1 rings (SSSR count). The lowest BCUT2D eigenvalue weighted by Gasteiger charge is -2.08. The summed E-state index contributed by atoms with van der Waals surface area (Å²) in [5, 5.41) is 17.7. The Bertz CT molecular complexity index is 401. The second kappa shape index (κ2) is 3.97. The van der Waals surface area contributed by atoms with Crippen LogP contribution in [0.1, 0.15) is 22.3 Å². The van der Waals surface area contributed by atoms with Gasteiger partial charge in [-0.05, 0) is 31.9 Å². The maximum Gasteiger partial charge on any atom is 0.103 e. The summed E-state index contributed by atoms with van der Waals surface area (Å²) in [4.78, 5) is 0. The van der Waals surface area contributed by atoms with Crippen molar-refractivity contribution in [3.8, 4) is 6.07 Å². The minimum absolute atomic E-state index is 0.319. The molecule has 1 aromatic carbocycles. The smallest absolute Gasteiger partial charge is 0.103 e. The molecule has 0 aliphatic carbocycles. The normalized spacial score (nSPS) is 11.1. The van der Waals surface area contributed by atoms with Crippen LogP contribution in [0.15, 0.2) is 18.4 Å². The lowest BCUT2D eigenvalue weighted by molar-refractivity contribution is 0.476. The molecular weight excluding hydrogens is 174 g/mol. The highest BCUT2D eigenvalue weighted by Crippen LogP contribution is 2.23. The second-order valence-electron chi connectivity index (χ2n) is 3.43. The van der Waals surface area contributed by atoms with E-state index in [1.54, 1.807) is 0 Å². The largest absolute Gasteiger partial charge is 0.514 e. The number of allylic oxidation sites excluding steroid dienone is 1. The van der Waals surface area contributed by atoms with Gasteiger partial charge in [0.15, 0.2) is 0 Å². The molecule has 0 atom stereocenters. The molecule has 0 saturated heterocycles. The Morgan fingerprint density at radius 2 is 1.79 bits per heavy atom. The zero-order valence-electron chi connectivity index (χ0n) is 8.63. The maximum absolute atomic E-state index is 8.91. The zero-order chi connectivity index (χ0) is 10.7. The molecule has 0 unspecified atom stereocenters. The van der Waals surface area contributed by atoms with Crippen LogP contribution in [0, 0.1) is 32.1 Å². The number of hydrogen-bond acceptors (Lipinski definition) is 2. The molecule has 1 N–H and O–H groups in total. The lowest BCUT2D eigenvalue weighted by atomic mass is 9.95. The van der Waals surface area contributed by atoms with Crippen molar-refractivity contribution in [1.29, 1.82) is 5.26 Å². The minimum atomic E-state index is 0.319. The monoisotopic (exact) mass is 187 g/mol. The quantitative estimate of drug-likeness (QED) is 0.542. The Kier molecular flexibility index (Phi) is 2.93. The van der Waals surface area contributed by atoms with Gasteiger partial charge in [0.1, 0.15) is 6.07 Å². The Morgan fingerprint density at radius 3 is 2.14 bits per heavy atom. The Hall–Kier alpha value is -1.75. The van der Waals surface area contributed by atoms with Crippen molar-refractivity contribution < 1.29 is 5.11 Å². The number of aliphatic hydroxyl groups is 1. The molecule has 0 bridgehead atoms. The van der Waals surface area contributed by atoms with Crippen molar-refractivity contribution in [2.24, 2.45) is 0 Å². The van der Waals surface area contributed by atoms with E-state index in [0.717, 1.165) is 23.0 Å². The third-order valence-corrected chi connectivity index (χ3v) is 2.20. The Morgan fingerprint density at radius 1 is 1.29 bits per heavy atom. The fourth-order valence-corrected chi connectivity index (χ4v) is 1.75. The highest BCUT2D eigenvalue weighted by atomic mass is 16.2. The fourth-order valence-electron chi connectivity index (χ4n) is 1.75. The summed E-state index contributed by atoms with van der Waals surface area (Å²) in [5.41, 5.74) is 4.35. The molecule has 0 aliphatic heterocycles. The van der Waals surface area contributed by atoms with Crippen LogP contribution in [0.5, 0.6) is 0 Å². The summed E-state index contributed by atoms with van der Waals surface area (Å²) in [6.45, 7) is 5.89. The molecule has 2 nitrogen and oxygen atoms in total. The molecule has 0 aromatic heterocycles. The fraction of sp³-hybridized carbons (Fsp3) is 0.250. The molecule has 14 heavy (non-hydrogen) atoms. The molecule has 0 spiro atoms. The van der Waals surface area contributed by atoms with Gasteiger partial charge in [-0.3, -0.25) is 0 Å². The number of nitrogens with zero attached hydrogens (tertiary/aromatic N) is 1. The molecule has 0 saturated carbocycles. The predicted molar refractivity (Wildman–Crippen MR) is 56.9 cm³/mol. The molecule has 0 aliphatic rings. The average molecular weight is 187 g/mol. The standard InChI is InChI=1S/C12H13NO/c1-8-4-9(2)12(10(3)5-8)11(6-13)7-14/h4-5,7,14H,1-3H3. The van der Waals surface area contributed by atoms with E-state index >= 15 is 0 Å². The molecule has 0 amide bonds. The van der Waals surface area contributed by atoms with Crippen molar-refractivity contribution in [3.05, 3.63) is 40.6 Å². The van der Waals surface area contributed by atoms with Gasteiger partial charge in [-0.2, -0.15) is 5.26 Å². The van der Waals surface area contributed by atoms with E-state index in [9.17, 15) is 0 Å². The molecule has 72 valence electrons. The van der Waals surface area contributed by atoms with E-state index in [2.05, 4.69) is 0 Å². The van der Waals surface area contributed by atoms with Gasteiger partial charge in [0.25, 0.3) is 0 Å². The first-order valence-corrected chi connectivity index (χ1v) is 4.43. The van der Waals surface area contributed by atoms with E-state index in [1.807, 2.05) is 39.0 Å². The van der Waals surface area contributed by atoms with Crippen molar-refractivity contribution in [1.82, 2.24) is 0 Å². The van der Waals surface area contributed by atoms with Crippen LogP contribution in [-0.2, 0) is 0 Å². The van der Waals surface area contributed by atoms with Crippen molar-refractivity contribution in [3.63, 3.8) is 0 Å². The Balaban J connectivity index is 3.44. The van der Waals surface area contributed by atoms with Crippen LogP contribution >= 0.6 is 0 Å². The SMILES string of the molecule is Cc1cc(C)c(C(C#N)=CO)c(C)c1. The van der Waals surface area contributed by atoms with Gasteiger partial charge in [-0.1, -0.05) is 17.7 Å². The highest BCUT2D eigenvalue weighted by molar-refractivity contribution is 5.79. The predicted octanol–water partition coefficient (Wildman–Crippen LogP) is 3.03. The summed E-state index contributed by atoms with van der Waals surface area (Å²) in [6.07, 6.45) is 0.866. The number of rotatable bonds is 1.